The second-order valence-electron chi connectivity index (χ2n) is 5.74. The van der Waals surface area contributed by atoms with Gasteiger partial charge >= 0.3 is 23.9 Å². The van der Waals surface area contributed by atoms with Gasteiger partial charge in [0, 0.05) is 0 Å². The van der Waals surface area contributed by atoms with Crippen LogP contribution in [0.2, 0.25) is 0 Å². The Labute approximate surface area is 153 Å². The number of nitrogens with one attached hydrogen (secondary N) is 2. The van der Waals surface area contributed by atoms with Crippen molar-refractivity contribution in [3.63, 3.8) is 0 Å². The Morgan fingerprint density at radius 2 is 1.64 bits per heavy atom. The lowest BCUT2D eigenvalue weighted by Crippen LogP contribution is -2.44. The van der Waals surface area contributed by atoms with E-state index < -0.39 is 41.8 Å². The molecule has 2 N–H and O–H groups in total. The summed E-state index contributed by atoms with van der Waals surface area (Å²) in [5.41, 5.74) is -2.28. The molecule has 2 rings (SSSR count). The van der Waals surface area contributed by atoms with Crippen LogP contribution in [0.4, 0.5) is 32.3 Å². The van der Waals surface area contributed by atoms with Gasteiger partial charge in [-0.05, 0) is 31.5 Å². The Kier molecular flexibility index (Phi) is 5.75. The van der Waals surface area contributed by atoms with Crippen LogP contribution in [0.25, 0.3) is 0 Å². The number of anilines is 1. The van der Waals surface area contributed by atoms with Crippen molar-refractivity contribution in [1.82, 2.24) is 14.5 Å². The molecule has 0 saturated carbocycles. The number of ether oxygens (including phenoxy) is 1. The van der Waals surface area contributed by atoms with Gasteiger partial charge in [-0.2, -0.15) is 18.2 Å². The van der Waals surface area contributed by atoms with Gasteiger partial charge < -0.3 is 10.1 Å². The van der Waals surface area contributed by atoms with Crippen LogP contribution in [0.5, 0.6) is 5.75 Å². The van der Waals surface area contributed by atoms with E-state index in [2.05, 4.69) is 15.0 Å². The zero-order valence-electron chi connectivity index (χ0n) is 14.4. The van der Waals surface area contributed by atoms with Gasteiger partial charge in [-0.1, -0.05) is 12.1 Å². The minimum Gasteiger partial charge on any atom is -0.406 e. The third kappa shape index (κ3) is 5.27. The average Bonchev–Trinajstić information content (AvgIpc) is 2.52. The SMILES string of the molecule is C[C@H](Nc1nc(=O)n([C@H](C)C(F)(F)F)c(=O)[nH]1)c1ccc(OC(F)(F)F)cc1. The van der Waals surface area contributed by atoms with Gasteiger partial charge in [0.2, 0.25) is 5.95 Å². The smallest absolute Gasteiger partial charge is 0.406 e. The van der Waals surface area contributed by atoms with Crippen molar-refractivity contribution in [2.45, 2.75) is 38.5 Å². The van der Waals surface area contributed by atoms with Crippen molar-refractivity contribution in [3.8, 4) is 5.75 Å². The van der Waals surface area contributed by atoms with E-state index in [0.717, 1.165) is 12.1 Å². The molecule has 0 radical (unpaired) electrons. The fourth-order valence-electron chi connectivity index (χ4n) is 2.23. The Hall–Kier alpha value is -2.99. The summed E-state index contributed by atoms with van der Waals surface area (Å²) in [4.78, 5) is 29.1. The molecule has 0 spiro atoms. The maximum Gasteiger partial charge on any atom is 0.573 e. The molecule has 0 aliphatic rings. The molecule has 2 aromatic rings. The number of halogens is 6. The Bertz CT molecular complexity index is 902. The molecule has 0 amide bonds. The van der Waals surface area contributed by atoms with Gasteiger partial charge in [-0.3, -0.25) is 4.98 Å². The summed E-state index contributed by atoms with van der Waals surface area (Å²) in [5.74, 6) is -0.831. The number of benzene rings is 1. The van der Waals surface area contributed by atoms with E-state index in [4.69, 9.17) is 0 Å². The Balaban J connectivity index is 2.20. The summed E-state index contributed by atoms with van der Waals surface area (Å²) in [6.45, 7) is 2.17. The fraction of sp³-hybridized carbons (Fsp3) is 0.400. The van der Waals surface area contributed by atoms with E-state index in [9.17, 15) is 35.9 Å². The number of nitrogens with zero attached hydrogens (tertiary/aromatic N) is 2. The number of aromatic nitrogens is 3. The molecule has 1 aromatic heterocycles. The second kappa shape index (κ2) is 7.56. The molecule has 0 fully saturated rings. The topological polar surface area (TPSA) is 89.0 Å². The number of rotatable bonds is 5. The van der Waals surface area contributed by atoms with E-state index in [1.165, 1.54) is 19.1 Å². The number of hydrogen-bond donors (Lipinski definition) is 2. The normalized spacial score (nSPS) is 14.4. The molecule has 13 heteroatoms. The molecule has 1 heterocycles. The maximum atomic E-state index is 12.7. The lowest BCUT2D eigenvalue weighted by Gasteiger charge is -2.18. The molecule has 0 bridgehead atoms. The van der Waals surface area contributed by atoms with Crippen LogP contribution < -0.4 is 21.4 Å². The summed E-state index contributed by atoms with van der Waals surface area (Å²) in [6, 6.07) is 1.68. The lowest BCUT2D eigenvalue weighted by molar-refractivity contribution is -0.274. The zero-order valence-corrected chi connectivity index (χ0v) is 14.4. The third-order valence-corrected chi connectivity index (χ3v) is 3.69. The predicted octanol–water partition coefficient (Wildman–Crippen LogP) is 3.13. The quantitative estimate of drug-likeness (QED) is 0.737. The molecular formula is C15H14F6N4O3. The Morgan fingerprint density at radius 1 is 1.07 bits per heavy atom. The Morgan fingerprint density at radius 3 is 2.11 bits per heavy atom. The predicted molar refractivity (Wildman–Crippen MR) is 85.0 cm³/mol. The van der Waals surface area contributed by atoms with Gasteiger partial charge in [0.1, 0.15) is 11.8 Å². The first-order valence-electron chi connectivity index (χ1n) is 7.70. The van der Waals surface area contributed by atoms with Crippen LogP contribution in [0.3, 0.4) is 0 Å². The van der Waals surface area contributed by atoms with Crippen molar-refractivity contribution in [2.75, 3.05) is 5.32 Å². The highest BCUT2D eigenvalue weighted by molar-refractivity contribution is 5.34. The van der Waals surface area contributed by atoms with Crippen LogP contribution in [0.15, 0.2) is 33.9 Å². The monoisotopic (exact) mass is 412 g/mol. The highest BCUT2D eigenvalue weighted by Gasteiger charge is 2.39. The second-order valence-corrected chi connectivity index (χ2v) is 5.74. The van der Waals surface area contributed by atoms with Crippen LogP contribution in [0.1, 0.15) is 31.5 Å². The van der Waals surface area contributed by atoms with E-state index in [1.807, 2.05) is 4.98 Å². The molecule has 0 unspecified atom stereocenters. The number of H-pyrrole nitrogens is 1. The van der Waals surface area contributed by atoms with Crippen molar-refractivity contribution in [2.24, 2.45) is 0 Å². The third-order valence-electron chi connectivity index (χ3n) is 3.69. The largest absolute Gasteiger partial charge is 0.573 e. The maximum absolute atomic E-state index is 12.7. The molecule has 2 atom stereocenters. The van der Waals surface area contributed by atoms with Gasteiger partial charge in [0.25, 0.3) is 0 Å². The van der Waals surface area contributed by atoms with E-state index in [-0.39, 0.29) is 10.5 Å². The molecule has 28 heavy (non-hydrogen) atoms. The molecule has 7 nitrogen and oxygen atoms in total. The van der Waals surface area contributed by atoms with Gasteiger partial charge in [-0.25, -0.2) is 14.2 Å². The van der Waals surface area contributed by atoms with Crippen LogP contribution in [0, 0.1) is 0 Å². The highest BCUT2D eigenvalue weighted by Crippen LogP contribution is 2.28. The van der Waals surface area contributed by atoms with E-state index in [0.29, 0.717) is 12.5 Å². The van der Waals surface area contributed by atoms with Crippen molar-refractivity contribution in [1.29, 1.82) is 0 Å². The molecular weight excluding hydrogens is 398 g/mol. The van der Waals surface area contributed by atoms with E-state index in [1.54, 1.807) is 0 Å². The first-order valence-corrected chi connectivity index (χ1v) is 7.70. The average molecular weight is 412 g/mol. The highest BCUT2D eigenvalue weighted by atomic mass is 19.4. The standard InChI is InChI=1S/C15H14F6N4O3/c1-7(9-3-5-10(6-4-9)28-15(19,20)21)22-11-23-12(26)25(13(27)24-11)8(2)14(16,17)18/h3-8H,1-2H3,(H2,22,23,24,26,27)/t7-,8+/m0/s1. The van der Waals surface area contributed by atoms with E-state index >= 15 is 0 Å². The minimum absolute atomic E-state index is 0.0703. The molecule has 0 aliphatic carbocycles. The van der Waals surface area contributed by atoms with Gasteiger partial charge in [0.05, 0.1) is 6.04 Å². The lowest BCUT2D eigenvalue weighted by atomic mass is 10.1. The zero-order chi connectivity index (χ0) is 21.3. The van der Waals surface area contributed by atoms with Crippen molar-refractivity contribution in [3.05, 3.63) is 50.8 Å². The van der Waals surface area contributed by atoms with Crippen LogP contribution >= 0.6 is 0 Å². The van der Waals surface area contributed by atoms with Gasteiger partial charge in [0.15, 0.2) is 0 Å². The summed E-state index contributed by atoms with van der Waals surface area (Å²) < 4.78 is 78.3. The van der Waals surface area contributed by atoms with Crippen molar-refractivity contribution >= 4 is 5.95 Å². The van der Waals surface area contributed by atoms with Crippen LogP contribution in [-0.2, 0) is 0 Å². The minimum atomic E-state index is -4.84. The molecule has 0 saturated heterocycles. The van der Waals surface area contributed by atoms with Crippen molar-refractivity contribution < 1.29 is 31.1 Å². The number of alkyl halides is 6. The van der Waals surface area contributed by atoms with Crippen LogP contribution in [-0.4, -0.2) is 27.1 Å². The first kappa shape index (κ1) is 21.3. The fourth-order valence-corrected chi connectivity index (χ4v) is 2.23. The summed E-state index contributed by atoms with van der Waals surface area (Å²) in [7, 11) is 0. The number of aromatic amines is 1. The summed E-state index contributed by atoms with van der Waals surface area (Å²) in [5, 5.41) is 2.59. The molecule has 1 aromatic carbocycles. The number of hydrogen-bond acceptors (Lipinski definition) is 5. The van der Waals surface area contributed by atoms with Gasteiger partial charge in [-0.15, -0.1) is 13.2 Å². The molecule has 154 valence electrons. The summed E-state index contributed by atoms with van der Waals surface area (Å²) >= 11 is 0. The molecule has 0 aliphatic heterocycles. The first-order chi connectivity index (χ1) is 12.8. The summed E-state index contributed by atoms with van der Waals surface area (Å²) in [6.07, 6.45) is -9.66.